The van der Waals surface area contributed by atoms with Crippen molar-refractivity contribution in [2.75, 3.05) is 5.32 Å². The maximum Gasteiger partial charge on any atom is 0.276 e. The average Bonchev–Trinajstić information content (AvgIpc) is 2.91. The van der Waals surface area contributed by atoms with Crippen LogP contribution in [0.2, 0.25) is 0 Å². The predicted molar refractivity (Wildman–Crippen MR) is 79.1 cm³/mol. The summed E-state index contributed by atoms with van der Waals surface area (Å²) in [5.74, 6) is 0.218. The van der Waals surface area contributed by atoms with Crippen LogP contribution in [0, 0.1) is 13.8 Å². The molecule has 100 valence electrons. The van der Waals surface area contributed by atoms with Gasteiger partial charge in [-0.05, 0) is 37.6 Å². The van der Waals surface area contributed by atoms with Crippen LogP contribution in [0.15, 0.2) is 29.1 Å². The van der Waals surface area contributed by atoms with Gasteiger partial charge in [-0.15, -0.1) is 11.3 Å². The van der Waals surface area contributed by atoms with E-state index >= 15 is 0 Å². The highest BCUT2D eigenvalue weighted by Crippen LogP contribution is 2.18. The van der Waals surface area contributed by atoms with Crippen LogP contribution in [0.3, 0.4) is 0 Å². The standard InChI is InChI=1S/C14H12N4OS/c1-8-5-9(2)16-13-10(8)3-4-12(17-13)18-14(19)11-6-20-7-15-11/h3-7H,1-2H3,(H,16,17,18,19). The van der Waals surface area contributed by atoms with E-state index < -0.39 is 0 Å². The van der Waals surface area contributed by atoms with Gasteiger partial charge in [-0.1, -0.05) is 0 Å². The Kier molecular flexibility index (Phi) is 3.15. The second kappa shape index (κ2) is 4.97. The SMILES string of the molecule is Cc1cc(C)c2ccc(NC(=O)c3cscn3)nc2n1. The first kappa shape index (κ1) is 12.7. The van der Waals surface area contributed by atoms with Crippen LogP contribution < -0.4 is 5.32 Å². The normalized spacial score (nSPS) is 10.7. The molecule has 0 atom stereocenters. The number of carbonyl (C=O) groups is 1. The van der Waals surface area contributed by atoms with E-state index in [4.69, 9.17) is 0 Å². The lowest BCUT2D eigenvalue weighted by Crippen LogP contribution is -2.13. The van der Waals surface area contributed by atoms with Gasteiger partial charge in [0.25, 0.3) is 5.91 Å². The fourth-order valence-electron chi connectivity index (χ4n) is 2.01. The average molecular weight is 284 g/mol. The molecule has 1 amide bonds. The molecule has 0 aromatic carbocycles. The van der Waals surface area contributed by atoms with Gasteiger partial charge in [0.2, 0.25) is 0 Å². The molecular weight excluding hydrogens is 272 g/mol. The topological polar surface area (TPSA) is 67.8 Å². The van der Waals surface area contributed by atoms with Gasteiger partial charge in [-0.3, -0.25) is 4.79 Å². The summed E-state index contributed by atoms with van der Waals surface area (Å²) in [5, 5.41) is 5.42. The number of rotatable bonds is 2. The number of nitrogens with zero attached hydrogens (tertiary/aromatic N) is 3. The molecule has 0 aliphatic rings. The molecule has 0 unspecified atom stereocenters. The number of aryl methyl sites for hydroxylation is 2. The van der Waals surface area contributed by atoms with E-state index in [1.165, 1.54) is 11.3 Å². The Hall–Kier alpha value is -2.34. The van der Waals surface area contributed by atoms with Crippen LogP contribution in [-0.2, 0) is 0 Å². The summed E-state index contributed by atoms with van der Waals surface area (Å²) < 4.78 is 0. The van der Waals surface area contributed by atoms with Crippen LogP contribution in [0.5, 0.6) is 0 Å². The fraction of sp³-hybridized carbons (Fsp3) is 0.143. The maximum absolute atomic E-state index is 11.9. The van der Waals surface area contributed by atoms with Crippen LogP contribution in [0.25, 0.3) is 11.0 Å². The Bertz CT molecular complexity index is 783. The largest absolute Gasteiger partial charge is 0.305 e. The van der Waals surface area contributed by atoms with E-state index in [1.54, 1.807) is 17.0 Å². The summed E-state index contributed by atoms with van der Waals surface area (Å²) in [7, 11) is 0. The first-order valence-electron chi connectivity index (χ1n) is 6.08. The van der Waals surface area contributed by atoms with Crippen molar-refractivity contribution < 1.29 is 4.79 Å². The highest BCUT2D eigenvalue weighted by molar-refractivity contribution is 7.07. The van der Waals surface area contributed by atoms with Crippen LogP contribution in [0.1, 0.15) is 21.7 Å². The van der Waals surface area contributed by atoms with Gasteiger partial charge in [0, 0.05) is 16.5 Å². The van der Waals surface area contributed by atoms with Gasteiger partial charge in [0.05, 0.1) is 5.51 Å². The van der Waals surface area contributed by atoms with Crippen molar-refractivity contribution in [3.05, 3.63) is 46.0 Å². The number of hydrogen-bond donors (Lipinski definition) is 1. The van der Waals surface area contributed by atoms with Crippen molar-refractivity contribution in [2.45, 2.75) is 13.8 Å². The molecule has 0 bridgehead atoms. The second-order valence-corrected chi connectivity index (χ2v) is 5.19. The Morgan fingerprint density at radius 2 is 2.10 bits per heavy atom. The second-order valence-electron chi connectivity index (χ2n) is 4.48. The minimum atomic E-state index is -0.262. The van der Waals surface area contributed by atoms with Crippen molar-refractivity contribution >= 4 is 34.1 Å². The molecule has 0 spiro atoms. The summed E-state index contributed by atoms with van der Waals surface area (Å²) >= 11 is 1.38. The number of fused-ring (bicyclic) bond motifs is 1. The Morgan fingerprint density at radius 1 is 1.25 bits per heavy atom. The van der Waals surface area contributed by atoms with E-state index in [-0.39, 0.29) is 5.91 Å². The van der Waals surface area contributed by atoms with Crippen LogP contribution >= 0.6 is 11.3 Å². The number of thiazole rings is 1. The molecule has 0 radical (unpaired) electrons. The lowest BCUT2D eigenvalue weighted by molar-refractivity contribution is 0.102. The molecule has 0 aliphatic carbocycles. The molecule has 3 aromatic rings. The van der Waals surface area contributed by atoms with E-state index in [2.05, 4.69) is 20.3 Å². The highest BCUT2D eigenvalue weighted by atomic mass is 32.1. The Labute approximate surface area is 119 Å². The number of amides is 1. The third kappa shape index (κ3) is 2.37. The molecule has 3 aromatic heterocycles. The number of nitrogens with one attached hydrogen (secondary N) is 1. The highest BCUT2D eigenvalue weighted by Gasteiger charge is 2.10. The van der Waals surface area contributed by atoms with Crippen molar-refractivity contribution in [3.8, 4) is 0 Å². The lowest BCUT2D eigenvalue weighted by Gasteiger charge is -2.06. The zero-order chi connectivity index (χ0) is 14.1. The first-order chi connectivity index (χ1) is 9.63. The Morgan fingerprint density at radius 3 is 2.85 bits per heavy atom. The molecule has 5 nitrogen and oxygen atoms in total. The zero-order valence-corrected chi connectivity index (χ0v) is 11.9. The van der Waals surface area contributed by atoms with Crippen LogP contribution in [-0.4, -0.2) is 20.9 Å². The van der Waals surface area contributed by atoms with Gasteiger partial charge in [0.1, 0.15) is 11.5 Å². The van der Waals surface area contributed by atoms with Gasteiger partial charge >= 0.3 is 0 Å². The van der Waals surface area contributed by atoms with Crippen molar-refractivity contribution in [1.82, 2.24) is 15.0 Å². The van der Waals surface area contributed by atoms with Gasteiger partial charge in [-0.2, -0.15) is 0 Å². The predicted octanol–water partition coefficient (Wildman–Crippen LogP) is 2.96. The van der Waals surface area contributed by atoms with Crippen molar-refractivity contribution in [2.24, 2.45) is 0 Å². The van der Waals surface area contributed by atoms with E-state index in [1.807, 2.05) is 26.0 Å². The minimum absolute atomic E-state index is 0.262. The summed E-state index contributed by atoms with van der Waals surface area (Å²) in [5.41, 5.74) is 4.68. The van der Waals surface area contributed by atoms with Gasteiger partial charge in [0.15, 0.2) is 5.65 Å². The summed E-state index contributed by atoms with van der Waals surface area (Å²) in [6.07, 6.45) is 0. The molecule has 6 heteroatoms. The molecule has 0 aliphatic heterocycles. The van der Waals surface area contributed by atoms with E-state index in [0.717, 1.165) is 16.6 Å². The number of aromatic nitrogens is 3. The molecule has 0 fully saturated rings. The molecular formula is C14H12N4OS. The third-order valence-corrected chi connectivity index (χ3v) is 3.50. The number of anilines is 1. The molecule has 0 saturated carbocycles. The van der Waals surface area contributed by atoms with Crippen molar-refractivity contribution in [3.63, 3.8) is 0 Å². The van der Waals surface area contributed by atoms with Gasteiger partial charge in [-0.25, -0.2) is 15.0 Å². The van der Waals surface area contributed by atoms with Crippen LogP contribution in [0.4, 0.5) is 5.82 Å². The summed E-state index contributed by atoms with van der Waals surface area (Å²) in [6, 6.07) is 5.70. The van der Waals surface area contributed by atoms with E-state index in [0.29, 0.717) is 17.2 Å². The number of pyridine rings is 2. The minimum Gasteiger partial charge on any atom is -0.305 e. The maximum atomic E-state index is 11.9. The quantitative estimate of drug-likeness (QED) is 0.785. The molecule has 20 heavy (non-hydrogen) atoms. The van der Waals surface area contributed by atoms with E-state index in [9.17, 15) is 4.79 Å². The third-order valence-electron chi connectivity index (χ3n) is 2.91. The van der Waals surface area contributed by atoms with Crippen molar-refractivity contribution in [1.29, 1.82) is 0 Å². The smallest absolute Gasteiger partial charge is 0.276 e. The summed E-state index contributed by atoms with van der Waals surface area (Å²) in [4.78, 5) is 24.7. The molecule has 3 heterocycles. The summed E-state index contributed by atoms with van der Waals surface area (Å²) in [6.45, 7) is 3.95. The fourth-order valence-corrected chi connectivity index (χ4v) is 2.54. The first-order valence-corrected chi connectivity index (χ1v) is 7.02. The molecule has 0 saturated heterocycles. The monoisotopic (exact) mass is 284 g/mol. The zero-order valence-electron chi connectivity index (χ0n) is 11.0. The number of carbonyl (C=O) groups excluding carboxylic acids is 1. The molecule has 3 rings (SSSR count). The number of hydrogen-bond acceptors (Lipinski definition) is 5. The Balaban J connectivity index is 1.95. The lowest BCUT2D eigenvalue weighted by atomic mass is 10.1. The molecule has 1 N–H and O–H groups in total. The van der Waals surface area contributed by atoms with Gasteiger partial charge < -0.3 is 5.32 Å².